The van der Waals surface area contributed by atoms with Gasteiger partial charge in [-0.1, -0.05) is 0 Å². The molecule has 6 aliphatic rings. The Kier molecular flexibility index (Phi) is 0.513. The SMILES string of the molecule is NC12C3C4C5C3C1(C(F)(F)F)C5C42. The zero-order chi connectivity index (χ0) is 8.96. The van der Waals surface area contributed by atoms with Gasteiger partial charge in [0, 0.05) is 5.54 Å². The van der Waals surface area contributed by atoms with Gasteiger partial charge in [-0.05, 0) is 35.5 Å². The first-order valence-corrected chi connectivity index (χ1v) is 4.84. The highest BCUT2D eigenvalue weighted by Crippen LogP contribution is 3.08. The Labute approximate surface area is 72.5 Å². The van der Waals surface area contributed by atoms with Gasteiger partial charge < -0.3 is 5.73 Å². The van der Waals surface area contributed by atoms with Crippen molar-refractivity contribution < 1.29 is 13.2 Å². The summed E-state index contributed by atoms with van der Waals surface area (Å²) in [5, 5.41) is 0. The van der Waals surface area contributed by atoms with Crippen LogP contribution in [0.15, 0.2) is 0 Å². The van der Waals surface area contributed by atoms with E-state index in [1.165, 1.54) is 0 Å². The third-order valence-corrected chi connectivity index (χ3v) is 6.22. The Morgan fingerprint density at radius 1 is 0.923 bits per heavy atom. The molecule has 6 rings (SSSR count). The summed E-state index contributed by atoms with van der Waals surface area (Å²) >= 11 is 0. The normalized spacial score (nSPS) is 84.0. The number of alkyl halides is 3. The fourth-order valence-corrected chi connectivity index (χ4v) is 6.24. The molecular weight excluding hydrogens is 179 g/mol. The largest absolute Gasteiger partial charge is 0.396 e. The topological polar surface area (TPSA) is 26.0 Å². The highest BCUT2D eigenvalue weighted by molar-refractivity contribution is 5.60. The molecule has 0 aromatic heterocycles. The van der Waals surface area contributed by atoms with Crippen LogP contribution in [-0.4, -0.2) is 11.7 Å². The first kappa shape index (κ1) is 6.27. The van der Waals surface area contributed by atoms with E-state index < -0.39 is 17.1 Å². The van der Waals surface area contributed by atoms with Crippen molar-refractivity contribution in [3.05, 3.63) is 0 Å². The van der Waals surface area contributed by atoms with E-state index in [0.717, 1.165) is 0 Å². The number of rotatable bonds is 0. The summed E-state index contributed by atoms with van der Waals surface area (Å²) in [6.07, 6.45) is -4.02. The molecule has 1 nitrogen and oxygen atoms in total. The molecule has 0 radical (unpaired) electrons. The van der Waals surface area contributed by atoms with E-state index in [2.05, 4.69) is 0 Å². The van der Waals surface area contributed by atoms with E-state index in [-0.39, 0.29) is 23.7 Å². The van der Waals surface area contributed by atoms with Crippen LogP contribution in [-0.2, 0) is 0 Å². The van der Waals surface area contributed by atoms with Gasteiger partial charge in [-0.15, -0.1) is 0 Å². The first-order chi connectivity index (χ1) is 5.99. The summed E-state index contributed by atoms with van der Waals surface area (Å²) in [5.41, 5.74) is 3.73. The molecule has 70 valence electrons. The Balaban J connectivity index is 1.75. The minimum absolute atomic E-state index is 0.0440. The maximum atomic E-state index is 12.8. The molecule has 6 fully saturated rings. The maximum Gasteiger partial charge on any atom is 0.396 e. The zero-order valence-corrected chi connectivity index (χ0v) is 6.68. The minimum atomic E-state index is -4.02. The molecule has 6 aliphatic carbocycles. The molecule has 0 saturated heterocycles. The lowest BCUT2D eigenvalue weighted by Gasteiger charge is -3.10. The van der Waals surface area contributed by atoms with Gasteiger partial charge in [0.1, 0.15) is 0 Å². The van der Waals surface area contributed by atoms with Crippen LogP contribution in [0.25, 0.3) is 0 Å². The van der Waals surface area contributed by atoms with Gasteiger partial charge >= 0.3 is 6.18 Å². The van der Waals surface area contributed by atoms with E-state index in [0.29, 0.717) is 11.8 Å². The van der Waals surface area contributed by atoms with Crippen LogP contribution in [0.4, 0.5) is 13.2 Å². The lowest BCUT2D eigenvalue weighted by atomic mass is 8.94. The van der Waals surface area contributed by atoms with Crippen LogP contribution in [0.5, 0.6) is 0 Å². The fraction of sp³-hybridized carbons (Fsp3) is 1.00. The van der Waals surface area contributed by atoms with Crippen LogP contribution in [0.2, 0.25) is 0 Å². The van der Waals surface area contributed by atoms with Gasteiger partial charge in [0.2, 0.25) is 0 Å². The summed E-state index contributed by atoms with van der Waals surface area (Å²) < 4.78 is 38.5. The summed E-state index contributed by atoms with van der Waals surface area (Å²) in [6, 6.07) is 0. The third-order valence-electron chi connectivity index (χ3n) is 6.22. The molecule has 0 heterocycles. The molecule has 0 aromatic rings. The minimum Gasteiger partial charge on any atom is -0.324 e. The van der Waals surface area contributed by atoms with Crippen LogP contribution < -0.4 is 5.73 Å². The van der Waals surface area contributed by atoms with E-state index in [1.807, 2.05) is 0 Å². The summed E-state index contributed by atoms with van der Waals surface area (Å²) in [6.45, 7) is 0. The lowest BCUT2D eigenvalue weighted by molar-refractivity contribution is -0.659. The maximum absolute atomic E-state index is 12.8. The lowest BCUT2D eigenvalue weighted by Crippen LogP contribution is -3.17. The number of halogens is 3. The first-order valence-electron chi connectivity index (χ1n) is 4.84. The Morgan fingerprint density at radius 2 is 1.38 bits per heavy atom. The van der Waals surface area contributed by atoms with E-state index in [4.69, 9.17) is 5.73 Å². The summed E-state index contributed by atoms with van der Waals surface area (Å²) in [4.78, 5) is 0. The summed E-state index contributed by atoms with van der Waals surface area (Å²) in [7, 11) is 0. The predicted octanol–water partition coefficient (Wildman–Crippen LogP) is 0.998. The molecule has 4 unspecified atom stereocenters. The second-order valence-corrected chi connectivity index (χ2v) is 5.56. The van der Waals surface area contributed by atoms with E-state index in [9.17, 15) is 13.2 Å². The quantitative estimate of drug-likeness (QED) is 0.601. The summed E-state index contributed by atoms with van der Waals surface area (Å²) in [5.74, 6) is 1.53. The molecule has 6 saturated carbocycles. The van der Waals surface area contributed by atoms with Crippen LogP contribution in [0.3, 0.4) is 0 Å². The van der Waals surface area contributed by atoms with Crippen molar-refractivity contribution in [1.82, 2.24) is 0 Å². The average Bonchev–Trinajstić information content (AvgIpc) is 2.01. The fourth-order valence-electron chi connectivity index (χ4n) is 6.24. The van der Waals surface area contributed by atoms with Gasteiger partial charge in [-0.25, -0.2) is 0 Å². The van der Waals surface area contributed by atoms with Gasteiger partial charge in [0.05, 0.1) is 5.41 Å². The molecule has 4 atom stereocenters. The molecule has 0 aromatic carbocycles. The molecule has 0 aliphatic heterocycles. The van der Waals surface area contributed by atoms with Crippen LogP contribution in [0, 0.1) is 40.9 Å². The van der Waals surface area contributed by atoms with E-state index in [1.54, 1.807) is 0 Å². The van der Waals surface area contributed by atoms with Crippen LogP contribution >= 0.6 is 0 Å². The number of hydrogen-bond donors (Lipinski definition) is 1. The standard InChI is InChI=1S/C9H8F3N/c10-9(11,12)7-3-1-2-5(3)8(7,13)6(2)4(1)7/h1-6H,13H2. The van der Waals surface area contributed by atoms with Crippen molar-refractivity contribution >= 4 is 0 Å². The third kappa shape index (κ3) is 0.230. The van der Waals surface area contributed by atoms with Crippen molar-refractivity contribution in [3.8, 4) is 0 Å². The average molecular weight is 187 g/mol. The monoisotopic (exact) mass is 187 g/mol. The van der Waals surface area contributed by atoms with Crippen LogP contribution in [0.1, 0.15) is 0 Å². The molecule has 4 heteroatoms. The van der Waals surface area contributed by atoms with E-state index >= 15 is 0 Å². The van der Waals surface area contributed by atoms with Crippen molar-refractivity contribution in [2.75, 3.05) is 0 Å². The number of hydrogen-bond acceptors (Lipinski definition) is 1. The van der Waals surface area contributed by atoms with Gasteiger partial charge in [0.15, 0.2) is 0 Å². The smallest absolute Gasteiger partial charge is 0.324 e. The van der Waals surface area contributed by atoms with Crippen molar-refractivity contribution in [2.24, 2.45) is 46.7 Å². The molecule has 0 spiro atoms. The van der Waals surface area contributed by atoms with Crippen molar-refractivity contribution in [1.29, 1.82) is 0 Å². The predicted molar refractivity (Wildman–Crippen MR) is 36.3 cm³/mol. The Morgan fingerprint density at radius 3 is 1.69 bits per heavy atom. The Hall–Kier alpha value is -0.250. The molecule has 0 bridgehead atoms. The number of nitrogens with two attached hydrogens (primary N) is 1. The van der Waals surface area contributed by atoms with Gasteiger partial charge in [-0.3, -0.25) is 0 Å². The van der Waals surface area contributed by atoms with Crippen molar-refractivity contribution in [2.45, 2.75) is 11.7 Å². The molecule has 13 heavy (non-hydrogen) atoms. The molecule has 2 N–H and O–H groups in total. The second-order valence-electron chi connectivity index (χ2n) is 5.56. The second kappa shape index (κ2) is 1.06. The zero-order valence-electron chi connectivity index (χ0n) is 6.68. The van der Waals surface area contributed by atoms with Gasteiger partial charge in [0.25, 0.3) is 0 Å². The highest BCUT2D eigenvalue weighted by Gasteiger charge is 3.14. The molecular formula is C9H8F3N. The molecule has 0 amide bonds. The van der Waals surface area contributed by atoms with Crippen molar-refractivity contribution in [3.63, 3.8) is 0 Å². The van der Waals surface area contributed by atoms with Gasteiger partial charge in [-0.2, -0.15) is 13.2 Å². The highest BCUT2D eigenvalue weighted by atomic mass is 19.4. The Bertz CT molecular complexity index is 354.